The van der Waals surface area contributed by atoms with Gasteiger partial charge in [-0.1, -0.05) is 44.2 Å². The van der Waals surface area contributed by atoms with Gasteiger partial charge in [0.25, 0.3) is 0 Å². The Morgan fingerprint density at radius 3 is 2.38 bits per heavy atom. The van der Waals surface area contributed by atoms with E-state index in [1.807, 2.05) is 36.9 Å². The Labute approximate surface area is 127 Å². The molecule has 2 atom stereocenters. The molecule has 1 N–H and O–H groups in total. The third kappa shape index (κ3) is 4.21. The Balaban J connectivity index is 1.91. The monoisotopic (exact) mass is 290 g/mol. The summed E-state index contributed by atoms with van der Waals surface area (Å²) in [5.41, 5.74) is 1.15. The summed E-state index contributed by atoms with van der Waals surface area (Å²) in [7, 11) is 0. The normalized spacial score (nSPS) is 23.0. The molecular formula is C17H26N2O2. The maximum absolute atomic E-state index is 12.3. The fourth-order valence-electron chi connectivity index (χ4n) is 2.74. The fourth-order valence-corrected chi connectivity index (χ4v) is 2.74. The number of rotatable bonds is 3. The molecule has 116 valence electrons. The zero-order valence-electron chi connectivity index (χ0n) is 13.4. The second-order valence-electron chi connectivity index (χ2n) is 6.57. The zero-order chi connectivity index (χ0) is 15.5. The highest BCUT2D eigenvalue weighted by Crippen LogP contribution is 2.22. The van der Waals surface area contributed by atoms with E-state index in [1.165, 1.54) is 5.56 Å². The summed E-state index contributed by atoms with van der Waals surface area (Å²) in [5, 5.41) is 3.06. The van der Waals surface area contributed by atoms with E-state index < -0.39 is 0 Å². The van der Waals surface area contributed by atoms with E-state index in [-0.39, 0.29) is 23.7 Å². The molecule has 0 saturated carbocycles. The molecule has 0 unspecified atom stereocenters. The predicted molar refractivity (Wildman–Crippen MR) is 84.4 cm³/mol. The average molecular weight is 290 g/mol. The van der Waals surface area contributed by atoms with Crippen molar-refractivity contribution in [1.82, 2.24) is 10.2 Å². The Bertz CT molecular complexity index is 463. The summed E-state index contributed by atoms with van der Waals surface area (Å²) in [4.78, 5) is 14.2. The highest BCUT2D eigenvalue weighted by atomic mass is 16.5. The van der Waals surface area contributed by atoms with Crippen LogP contribution in [0.4, 0.5) is 4.79 Å². The van der Waals surface area contributed by atoms with Crippen molar-refractivity contribution in [1.29, 1.82) is 0 Å². The smallest absolute Gasteiger partial charge is 0.317 e. The van der Waals surface area contributed by atoms with E-state index in [0.29, 0.717) is 19.6 Å². The molecular weight excluding hydrogens is 264 g/mol. The summed E-state index contributed by atoms with van der Waals surface area (Å²) in [6, 6.07) is 10.3. The number of benzene rings is 1. The number of ether oxygens (including phenoxy) is 1. The summed E-state index contributed by atoms with van der Waals surface area (Å²) < 4.78 is 5.66. The standard InChI is InChI=1S/C17H26N2O2/c1-13-10-19(11-14(2)21-13)16(20)18-12-17(3,4)15-8-6-5-7-9-15/h5-9,13-14H,10-12H2,1-4H3,(H,18,20)/t13-,14+. The lowest BCUT2D eigenvalue weighted by Crippen LogP contribution is -2.53. The van der Waals surface area contributed by atoms with Gasteiger partial charge in [-0.15, -0.1) is 0 Å². The average Bonchev–Trinajstić information content (AvgIpc) is 2.45. The molecule has 1 aliphatic rings. The van der Waals surface area contributed by atoms with Crippen LogP contribution in [0.2, 0.25) is 0 Å². The van der Waals surface area contributed by atoms with Crippen molar-refractivity contribution in [2.24, 2.45) is 0 Å². The minimum atomic E-state index is -0.0829. The van der Waals surface area contributed by atoms with Gasteiger partial charge < -0.3 is 15.0 Å². The maximum atomic E-state index is 12.3. The molecule has 0 radical (unpaired) electrons. The van der Waals surface area contributed by atoms with Gasteiger partial charge in [0.2, 0.25) is 0 Å². The summed E-state index contributed by atoms with van der Waals surface area (Å²) in [6.45, 7) is 10.2. The van der Waals surface area contributed by atoms with Crippen LogP contribution in [-0.4, -0.2) is 42.8 Å². The van der Waals surface area contributed by atoms with Crippen LogP contribution in [0, 0.1) is 0 Å². The number of carbonyl (C=O) groups excluding carboxylic acids is 1. The van der Waals surface area contributed by atoms with Crippen molar-refractivity contribution < 1.29 is 9.53 Å². The van der Waals surface area contributed by atoms with Gasteiger partial charge in [-0.25, -0.2) is 4.79 Å². The molecule has 4 heteroatoms. The van der Waals surface area contributed by atoms with Gasteiger partial charge in [0.1, 0.15) is 0 Å². The lowest BCUT2D eigenvalue weighted by Gasteiger charge is -2.36. The van der Waals surface area contributed by atoms with Gasteiger partial charge in [-0.05, 0) is 19.4 Å². The number of hydrogen-bond donors (Lipinski definition) is 1. The van der Waals surface area contributed by atoms with E-state index in [0.717, 1.165) is 0 Å². The van der Waals surface area contributed by atoms with Gasteiger partial charge in [-0.3, -0.25) is 0 Å². The number of urea groups is 1. The second-order valence-corrected chi connectivity index (χ2v) is 6.57. The number of hydrogen-bond acceptors (Lipinski definition) is 2. The number of carbonyl (C=O) groups is 1. The molecule has 1 aromatic rings. The molecule has 1 saturated heterocycles. The summed E-state index contributed by atoms with van der Waals surface area (Å²) in [6.07, 6.45) is 0.197. The van der Waals surface area contributed by atoms with Crippen LogP contribution in [0.25, 0.3) is 0 Å². The summed E-state index contributed by atoms with van der Waals surface area (Å²) >= 11 is 0. The van der Waals surface area contributed by atoms with E-state index >= 15 is 0 Å². The third-order valence-electron chi connectivity index (χ3n) is 3.94. The number of morpholine rings is 1. The number of nitrogens with one attached hydrogen (secondary N) is 1. The minimum absolute atomic E-state index is 0.000932. The van der Waals surface area contributed by atoms with Crippen molar-refractivity contribution in [2.45, 2.75) is 45.3 Å². The lowest BCUT2D eigenvalue weighted by molar-refractivity contribution is -0.0545. The quantitative estimate of drug-likeness (QED) is 0.930. The Hall–Kier alpha value is -1.55. The molecule has 1 aromatic carbocycles. The molecule has 4 nitrogen and oxygen atoms in total. The second kappa shape index (κ2) is 6.48. The molecule has 2 rings (SSSR count). The molecule has 21 heavy (non-hydrogen) atoms. The maximum Gasteiger partial charge on any atom is 0.317 e. The molecule has 2 amide bonds. The van der Waals surface area contributed by atoms with Crippen LogP contribution in [-0.2, 0) is 10.2 Å². The highest BCUT2D eigenvalue weighted by Gasteiger charge is 2.27. The number of amides is 2. The molecule has 0 aromatic heterocycles. The Kier molecular flexibility index (Phi) is 4.88. The van der Waals surface area contributed by atoms with Crippen LogP contribution in [0.5, 0.6) is 0 Å². The third-order valence-corrected chi connectivity index (χ3v) is 3.94. The Morgan fingerprint density at radius 2 is 1.81 bits per heavy atom. The Morgan fingerprint density at radius 1 is 1.24 bits per heavy atom. The van der Waals surface area contributed by atoms with Gasteiger partial charge in [0.15, 0.2) is 0 Å². The molecule has 1 heterocycles. The number of nitrogens with zero attached hydrogens (tertiary/aromatic N) is 1. The topological polar surface area (TPSA) is 41.6 Å². The van der Waals surface area contributed by atoms with Crippen LogP contribution in [0.3, 0.4) is 0 Å². The van der Waals surface area contributed by atoms with Crippen molar-refractivity contribution in [3.05, 3.63) is 35.9 Å². The van der Waals surface area contributed by atoms with Gasteiger partial charge in [0, 0.05) is 25.0 Å². The molecule has 1 fully saturated rings. The fraction of sp³-hybridized carbons (Fsp3) is 0.588. The SMILES string of the molecule is C[C@@H]1CN(C(=O)NCC(C)(C)c2ccccc2)C[C@H](C)O1. The van der Waals surface area contributed by atoms with E-state index in [9.17, 15) is 4.79 Å². The van der Waals surface area contributed by atoms with Crippen LogP contribution >= 0.6 is 0 Å². The van der Waals surface area contributed by atoms with Crippen molar-refractivity contribution in [3.63, 3.8) is 0 Å². The first-order valence-corrected chi connectivity index (χ1v) is 7.62. The van der Waals surface area contributed by atoms with E-state index in [2.05, 4.69) is 31.3 Å². The van der Waals surface area contributed by atoms with Crippen molar-refractivity contribution in [2.75, 3.05) is 19.6 Å². The van der Waals surface area contributed by atoms with Gasteiger partial charge in [0.05, 0.1) is 12.2 Å². The van der Waals surface area contributed by atoms with E-state index in [1.54, 1.807) is 0 Å². The van der Waals surface area contributed by atoms with Crippen LogP contribution < -0.4 is 5.32 Å². The van der Waals surface area contributed by atoms with Crippen LogP contribution in [0.15, 0.2) is 30.3 Å². The van der Waals surface area contributed by atoms with Crippen molar-refractivity contribution >= 4 is 6.03 Å². The van der Waals surface area contributed by atoms with E-state index in [4.69, 9.17) is 4.74 Å². The van der Waals surface area contributed by atoms with Gasteiger partial charge in [-0.2, -0.15) is 0 Å². The first kappa shape index (κ1) is 15.8. The highest BCUT2D eigenvalue weighted by molar-refractivity contribution is 5.74. The van der Waals surface area contributed by atoms with Gasteiger partial charge >= 0.3 is 6.03 Å². The molecule has 0 bridgehead atoms. The first-order chi connectivity index (χ1) is 9.88. The van der Waals surface area contributed by atoms with Crippen molar-refractivity contribution in [3.8, 4) is 0 Å². The molecule has 1 aliphatic heterocycles. The first-order valence-electron chi connectivity index (χ1n) is 7.62. The summed E-state index contributed by atoms with van der Waals surface area (Å²) in [5.74, 6) is 0. The predicted octanol–water partition coefficient (Wildman–Crippen LogP) is 2.78. The largest absolute Gasteiger partial charge is 0.372 e. The minimum Gasteiger partial charge on any atom is -0.372 e. The molecule has 0 aliphatic carbocycles. The van der Waals surface area contributed by atoms with Crippen LogP contribution in [0.1, 0.15) is 33.3 Å². The lowest BCUT2D eigenvalue weighted by atomic mass is 9.85. The zero-order valence-corrected chi connectivity index (χ0v) is 13.4. The molecule has 0 spiro atoms.